The molecule has 0 aliphatic carbocycles. The number of ether oxygens (including phenoxy) is 1. The number of hydrogen-bond acceptors (Lipinski definition) is 5. The normalized spacial score (nSPS) is 11.4. The van der Waals surface area contributed by atoms with E-state index in [4.69, 9.17) is 9.72 Å². The highest BCUT2D eigenvalue weighted by atomic mass is 79.9. The first-order chi connectivity index (χ1) is 17.4. The summed E-state index contributed by atoms with van der Waals surface area (Å²) in [5, 5.41) is 5.15. The Morgan fingerprint density at radius 3 is 2.69 bits per heavy atom. The van der Waals surface area contributed by atoms with E-state index in [-0.39, 0.29) is 5.56 Å². The van der Waals surface area contributed by atoms with Crippen LogP contribution in [-0.2, 0) is 13.0 Å². The number of nitrogens with zero attached hydrogens (tertiary/aromatic N) is 4. The molecule has 0 aliphatic heterocycles. The van der Waals surface area contributed by atoms with Crippen LogP contribution in [0.5, 0.6) is 5.75 Å². The smallest absolute Gasteiger partial charge is 0.282 e. The Kier molecular flexibility index (Phi) is 8.21. The number of halogens is 1. The Morgan fingerprint density at radius 2 is 1.94 bits per heavy atom. The molecule has 0 saturated carbocycles. The summed E-state index contributed by atoms with van der Waals surface area (Å²) in [4.78, 5) is 20.2. The van der Waals surface area contributed by atoms with Crippen molar-refractivity contribution in [3.63, 3.8) is 0 Å². The van der Waals surface area contributed by atoms with Crippen molar-refractivity contribution >= 4 is 38.7 Å². The highest BCUT2D eigenvalue weighted by molar-refractivity contribution is 9.10. The molecule has 0 saturated heterocycles. The Balaban J connectivity index is 1.74. The largest absolute Gasteiger partial charge is 0.488 e. The fourth-order valence-corrected chi connectivity index (χ4v) is 4.29. The fourth-order valence-electron chi connectivity index (χ4n) is 3.93. The first-order valence-corrected chi connectivity index (χ1v) is 12.9. The molecule has 186 valence electrons. The first-order valence-electron chi connectivity index (χ1n) is 12.1. The molecular weight excluding hydrogens is 516 g/mol. The zero-order valence-electron chi connectivity index (χ0n) is 21.2. The minimum Gasteiger partial charge on any atom is -0.488 e. The van der Waals surface area contributed by atoms with Crippen molar-refractivity contribution in [2.24, 2.45) is 5.10 Å². The molecule has 0 fully saturated rings. The Hall–Kier alpha value is -3.45. The highest BCUT2D eigenvalue weighted by Gasteiger charge is 2.12. The predicted molar refractivity (Wildman–Crippen MR) is 152 cm³/mol. The molecule has 0 radical (unpaired) electrons. The molecule has 0 N–H and O–H groups in total. The maximum Gasteiger partial charge on any atom is 0.282 e. The summed E-state index contributed by atoms with van der Waals surface area (Å²) in [5.74, 6) is 1.35. The first kappa shape index (κ1) is 25.6. The minimum atomic E-state index is -0.184. The lowest BCUT2D eigenvalue weighted by molar-refractivity contribution is 0.306. The number of aryl methyl sites for hydroxylation is 2. The van der Waals surface area contributed by atoms with Gasteiger partial charge in [-0.3, -0.25) is 4.79 Å². The Labute approximate surface area is 220 Å². The molecule has 0 aliphatic rings. The van der Waals surface area contributed by atoms with Gasteiger partial charge in [0.05, 0.1) is 17.1 Å². The van der Waals surface area contributed by atoms with Crippen LogP contribution in [0.25, 0.3) is 10.9 Å². The Morgan fingerprint density at radius 1 is 1.11 bits per heavy atom. The third kappa shape index (κ3) is 6.02. The van der Waals surface area contributed by atoms with E-state index < -0.39 is 0 Å². The third-order valence-electron chi connectivity index (χ3n) is 5.93. The van der Waals surface area contributed by atoms with Crippen molar-refractivity contribution in [2.45, 2.75) is 39.7 Å². The number of unbranched alkanes of at least 4 members (excludes halogenated alkanes) is 1. The van der Waals surface area contributed by atoms with Gasteiger partial charge in [0.2, 0.25) is 0 Å². The van der Waals surface area contributed by atoms with Gasteiger partial charge in [-0.2, -0.15) is 9.78 Å². The average molecular weight is 547 g/mol. The van der Waals surface area contributed by atoms with E-state index in [1.54, 1.807) is 12.3 Å². The maximum atomic E-state index is 13.4. The highest BCUT2D eigenvalue weighted by Crippen LogP contribution is 2.25. The van der Waals surface area contributed by atoms with Crippen molar-refractivity contribution in [1.82, 2.24) is 9.66 Å². The second kappa shape index (κ2) is 11.5. The number of rotatable bonds is 9. The topological polar surface area (TPSA) is 59.7 Å². The van der Waals surface area contributed by atoms with Crippen LogP contribution < -0.4 is 15.2 Å². The number of aromatic nitrogens is 2. The number of hydrogen-bond donors (Lipinski definition) is 0. The zero-order chi connectivity index (χ0) is 25.7. The standard InChI is InChI=1S/C29H31BrN4O2/c1-5-6-10-28-32-26-14-12-23(30)16-25(26)29(35)34(28)31-18-22-11-13-24(33(3)4)17-27(22)36-19-21-9-7-8-20(2)15-21/h7-9,11-18H,5-6,10,19H2,1-4H3. The minimum absolute atomic E-state index is 0.184. The monoisotopic (exact) mass is 546 g/mol. The lowest BCUT2D eigenvalue weighted by atomic mass is 10.1. The van der Waals surface area contributed by atoms with Gasteiger partial charge >= 0.3 is 0 Å². The van der Waals surface area contributed by atoms with Gasteiger partial charge in [-0.25, -0.2) is 4.98 Å². The summed E-state index contributed by atoms with van der Waals surface area (Å²) in [6.45, 7) is 4.62. The summed E-state index contributed by atoms with van der Waals surface area (Å²) >= 11 is 3.46. The fraction of sp³-hybridized carbons (Fsp3) is 0.276. The lowest BCUT2D eigenvalue weighted by Crippen LogP contribution is -2.22. The van der Waals surface area contributed by atoms with E-state index in [1.807, 2.05) is 55.4 Å². The lowest BCUT2D eigenvalue weighted by Gasteiger charge is -2.16. The molecule has 0 bridgehead atoms. The molecule has 6 nitrogen and oxygen atoms in total. The van der Waals surface area contributed by atoms with E-state index in [2.05, 4.69) is 53.1 Å². The van der Waals surface area contributed by atoms with Crippen LogP contribution in [0.2, 0.25) is 0 Å². The molecular formula is C29H31BrN4O2. The molecule has 0 unspecified atom stereocenters. The molecule has 0 atom stereocenters. The predicted octanol–water partition coefficient (Wildman–Crippen LogP) is 6.34. The van der Waals surface area contributed by atoms with Crippen LogP contribution in [0.15, 0.2) is 75.0 Å². The van der Waals surface area contributed by atoms with Crippen LogP contribution >= 0.6 is 15.9 Å². The van der Waals surface area contributed by atoms with Crippen LogP contribution in [-0.4, -0.2) is 30.0 Å². The molecule has 4 aromatic rings. The summed E-state index contributed by atoms with van der Waals surface area (Å²) in [5.41, 5.74) is 4.58. The summed E-state index contributed by atoms with van der Waals surface area (Å²) in [7, 11) is 3.98. The summed E-state index contributed by atoms with van der Waals surface area (Å²) in [6.07, 6.45) is 4.28. The quantitative estimate of drug-likeness (QED) is 0.230. The van der Waals surface area contributed by atoms with Gasteiger partial charge in [-0.1, -0.05) is 59.1 Å². The van der Waals surface area contributed by atoms with Crippen molar-refractivity contribution < 1.29 is 4.74 Å². The van der Waals surface area contributed by atoms with E-state index in [9.17, 15) is 4.79 Å². The third-order valence-corrected chi connectivity index (χ3v) is 6.43. The molecule has 7 heteroatoms. The summed E-state index contributed by atoms with van der Waals surface area (Å²) in [6, 6.07) is 19.8. The molecule has 1 heterocycles. The molecule has 4 rings (SSSR count). The van der Waals surface area contributed by atoms with Gasteiger partial charge in [0, 0.05) is 42.3 Å². The van der Waals surface area contributed by atoms with Gasteiger partial charge in [0.15, 0.2) is 0 Å². The van der Waals surface area contributed by atoms with Crippen molar-refractivity contribution in [3.05, 3.63) is 98.0 Å². The number of benzene rings is 3. The van der Waals surface area contributed by atoms with E-state index >= 15 is 0 Å². The van der Waals surface area contributed by atoms with E-state index in [0.717, 1.165) is 34.1 Å². The Bertz CT molecular complexity index is 1460. The van der Waals surface area contributed by atoms with Crippen molar-refractivity contribution in [1.29, 1.82) is 0 Å². The zero-order valence-corrected chi connectivity index (χ0v) is 22.7. The van der Waals surface area contributed by atoms with Gasteiger partial charge in [-0.15, -0.1) is 0 Å². The van der Waals surface area contributed by atoms with Crippen molar-refractivity contribution in [3.8, 4) is 5.75 Å². The van der Waals surface area contributed by atoms with E-state index in [0.29, 0.717) is 35.5 Å². The van der Waals surface area contributed by atoms with Crippen molar-refractivity contribution in [2.75, 3.05) is 19.0 Å². The molecule has 3 aromatic carbocycles. The molecule has 36 heavy (non-hydrogen) atoms. The van der Waals surface area contributed by atoms with Crippen LogP contribution in [0.3, 0.4) is 0 Å². The number of fused-ring (bicyclic) bond motifs is 1. The molecule has 1 aromatic heterocycles. The van der Waals surface area contributed by atoms with Gasteiger partial charge in [-0.05, 0) is 49.2 Å². The van der Waals surface area contributed by atoms with Gasteiger partial charge < -0.3 is 9.64 Å². The number of anilines is 1. The van der Waals surface area contributed by atoms with Crippen LogP contribution in [0.1, 0.15) is 42.3 Å². The summed E-state index contributed by atoms with van der Waals surface area (Å²) < 4.78 is 8.50. The second-order valence-corrected chi connectivity index (χ2v) is 9.96. The SMILES string of the molecule is CCCCc1nc2ccc(Br)cc2c(=O)n1N=Cc1ccc(N(C)C)cc1OCc1cccc(C)c1. The van der Waals surface area contributed by atoms with E-state index in [1.165, 1.54) is 10.2 Å². The maximum absolute atomic E-state index is 13.4. The molecule has 0 amide bonds. The average Bonchev–Trinajstić information content (AvgIpc) is 2.86. The van der Waals surface area contributed by atoms with Gasteiger partial charge in [0.1, 0.15) is 18.2 Å². The molecule has 0 spiro atoms. The second-order valence-electron chi connectivity index (χ2n) is 9.05. The van der Waals surface area contributed by atoms with Crippen LogP contribution in [0.4, 0.5) is 5.69 Å². The van der Waals surface area contributed by atoms with Crippen LogP contribution in [0, 0.1) is 6.92 Å². The van der Waals surface area contributed by atoms with Gasteiger partial charge in [0.25, 0.3) is 5.56 Å².